The molecule has 4 aliphatic rings. The summed E-state index contributed by atoms with van der Waals surface area (Å²) in [5, 5.41) is 35.2. The number of aliphatic hydroxyl groups is 3. The molecule has 0 aliphatic heterocycles. The van der Waals surface area contributed by atoms with E-state index in [1.54, 1.807) is 0 Å². The lowest BCUT2D eigenvalue weighted by molar-refractivity contribution is -0.203. The van der Waals surface area contributed by atoms with Gasteiger partial charge in [-0.25, -0.2) is 0 Å². The van der Waals surface area contributed by atoms with Crippen molar-refractivity contribution >= 4 is 0 Å². The van der Waals surface area contributed by atoms with Crippen LogP contribution in [-0.2, 0) is 5.60 Å². The van der Waals surface area contributed by atoms with Crippen molar-refractivity contribution in [2.24, 2.45) is 58.2 Å². The second-order valence-electron chi connectivity index (χ2n) is 15.7. The predicted molar refractivity (Wildman–Crippen MR) is 171 cm³/mol. The first-order valence-electron chi connectivity index (χ1n) is 17.2. The van der Waals surface area contributed by atoms with Gasteiger partial charge in [0.2, 0.25) is 0 Å². The summed E-state index contributed by atoms with van der Waals surface area (Å²) in [7, 11) is 0. The van der Waals surface area contributed by atoms with Crippen LogP contribution < -0.4 is 0 Å². The SMILES string of the molecule is CC[C@H]1[C@@H](O)C2C3CCC([C@H](C)CC(C)C(O)(c4ccccc4)c4ccccc4)C3(C)CCC2C2(C)CC[C@@H](O)C[C@@H]12. The standard InChI is InChI=1S/C39H56O3/c1-6-30-34-24-29(40)19-21-38(34,5)33-20-22-37(4)31(17-18-32(37)35(33)36(30)41)25(2)23-26(3)39(42,27-13-9-7-10-14-27)28-15-11-8-12-16-28/h7-16,25-26,29-36,40-42H,6,17-24H2,1-5H3/t25-,26?,29-,30-,31?,32?,33?,34+,35?,36-,37?,38?/m1/s1. The molecule has 0 amide bonds. The average Bonchev–Trinajstić information content (AvgIpc) is 3.36. The number of aliphatic hydroxyl groups excluding tert-OH is 2. The third-order valence-corrected chi connectivity index (χ3v) is 14.0. The van der Waals surface area contributed by atoms with Crippen LogP contribution in [0.2, 0.25) is 0 Å². The van der Waals surface area contributed by atoms with E-state index < -0.39 is 5.60 Å². The van der Waals surface area contributed by atoms with Gasteiger partial charge in [0.15, 0.2) is 0 Å². The second-order valence-corrected chi connectivity index (χ2v) is 15.7. The van der Waals surface area contributed by atoms with Crippen molar-refractivity contribution in [2.45, 2.75) is 110 Å². The van der Waals surface area contributed by atoms with Crippen LogP contribution in [0.15, 0.2) is 60.7 Å². The molecule has 4 aliphatic carbocycles. The van der Waals surface area contributed by atoms with Crippen molar-refractivity contribution in [3.63, 3.8) is 0 Å². The van der Waals surface area contributed by atoms with Crippen LogP contribution in [-0.4, -0.2) is 27.5 Å². The van der Waals surface area contributed by atoms with Gasteiger partial charge in [0.1, 0.15) is 5.60 Å². The lowest BCUT2D eigenvalue weighted by atomic mass is 9.41. The van der Waals surface area contributed by atoms with Gasteiger partial charge in [-0.2, -0.15) is 0 Å². The lowest BCUT2D eigenvalue weighted by Gasteiger charge is -2.64. The third-order valence-electron chi connectivity index (χ3n) is 14.0. The summed E-state index contributed by atoms with van der Waals surface area (Å²) in [6.07, 6.45) is 9.37. The van der Waals surface area contributed by atoms with Gasteiger partial charge in [-0.1, -0.05) is 102 Å². The first-order valence-corrected chi connectivity index (χ1v) is 17.2. The van der Waals surface area contributed by atoms with Crippen molar-refractivity contribution in [2.75, 3.05) is 0 Å². The molecule has 0 bridgehead atoms. The quantitative estimate of drug-likeness (QED) is 0.313. The van der Waals surface area contributed by atoms with Gasteiger partial charge in [0, 0.05) is 0 Å². The van der Waals surface area contributed by atoms with Gasteiger partial charge in [-0.3, -0.25) is 0 Å². The predicted octanol–water partition coefficient (Wildman–Crippen LogP) is 8.21. The molecule has 2 aromatic rings. The zero-order chi connectivity index (χ0) is 29.9. The zero-order valence-corrected chi connectivity index (χ0v) is 26.8. The molecule has 7 unspecified atom stereocenters. The number of fused-ring (bicyclic) bond motifs is 5. The monoisotopic (exact) mass is 572 g/mol. The summed E-state index contributed by atoms with van der Waals surface area (Å²) in [5.74, 6) is 3.41. The molecule has 3 N–H and O–H groups in total. The molecule has 4 saturated carbocycles. The molecular weight excluding hydrogens is 516 g/mol. The van der Waals surface area contributed by atoms with Crippen LogP contribution in [0.25, 0.3) is 0 Å². The van der Waals surface area contributed by atoms with Gasteiger partial charge in [-0.05, 0) is 121 Å². The van der Waals surface area contributed by atoms with E-state index in [9.17, 15) is 15.3 Å². The Morgan fingerprint density at radius 2 is 1.36 bits per heavy atom. The molecule has 0 saturated heterocycles. The Hall–Kier alpha value is -1.68. The van der Waals surface area contributed by atoms with Crippen LogP contribution in [0.3, 0.4) is 0 Å². The van der Waals surface area contributed by atoms with E-state index in [2.05, 4.69) is 58.9 Å². The first kappa shape index (κ1) is 30.4. The van der Waals surface area contributed by atoms with Crippen molar-refractivity contribution in [1.29, 1.82) is 0 Å². The highest BCUT2D eigenvalue weighted by molar-refractivity contribution is 5.36. The van der Waals surface area contributed by atoms with E-state index in [1.807, 2.05) is 36.4 Å². The Bertz CT molecular complexity index is 1160. The molecule has 0 aromatic heterocycles. The Labute approximate surface area is 255 Å². The fraction of sp³-hybridized carbons (Fsp3) is 0.692. The average molecular weight is 573 g/mol. The molecule has 6 rings (SSSR count). The maximum Gasteiger partial charge on any atom is 0.117 e. The molecule has 4 fully saturated rings. The highest BCUT2D eigenvalue weighted by atomic mass is 16.3. The zero-order valence-electron chi connectivity index (χ0n) is 26.8. The fourth-order valence-corrected chi connectivity index (χ4v) is 11.9. The van der Waals surface area contributed by atoms with Gasteiger partial charge in [0.05, 0.1) is 12.2 Å². The maximum atomic E-state index is 12.5. The number of benzene rings is 2. The molecule has 0 heterocycles. The van der Waals surface area contributed by atoms with Gasteiger partial charge >= 0.3 is 0 Å². The summed E-state index contributed by atoms with van der Waals surface area (Å²) in [6.45, 7) is 12.1. The summed E-state index contributed by atoms with van der Waals surface area (Å²) in [4.78, 5) is 0. The smallest absolute Gasteiger partial charge is 0.117 e. The van der Waals surface area contributed by atoms with Crippen molar-refractivity contribution < 1.29 is 15.3 Å². The van der Waals surface area contributed by atoms with E-state index in [0.29, 0.717) is 41.4 Å². The first-order chi connectivity index (χ1) is 20.1. The van der Waals surface area contributed by atoms with Crippen molar-refractivity contribution in [3.8, 4) is 0 Å². The number of hydrogen-bond acceptors (Lipinski definition) is 3. The molecule has 42 heavy (non-hydrogen) atoms. The molecular formula is C39H56O3. The van der Waals surface area contributed by atoms with Crippen LogP contribution >= 0.6 is 0 Å². The summed E-state index contributed by atoms with van der Waals surface area (Å²) >= 11 is 0. The molecule has 2 aromatic carbocycles. The van der Waals surface area contributed by atoms with E-state index in [0.717, 1.165) is 43.2 Å². The van der Waals surface area contributed by atoms with Gasteiger partial charge < -0.3 is 15.3 Å². The molecule has 0 spiro atoms. The van der Waals surface area contributed by atoms with Gasteiger partial charge in [-0.15, -0.1) is 0 Å². The normalized spacial score (nSPS) is 41.3. The third kappa shape index (κ3) is 4.63. The number of rotatable bonds is 7. The van der Waals surface area contributed by atoms with Crippen LogP contribution in [0, 0.1) is 58.2 Å². The Morgan fingerprint density at radius 1 is 0.786 bits per heavy atom. The van der Waals surface area contributed by atoms with E-state index in [1.165, 1.54) is 25.7 Å². The Kier molecular flexibility index (Phi) is 8.20. The van der Waals surface area contributed by atoms with Crippen LogP contribution in [0.4, 0.5) is 0 Å². The van der Waals surface area contributed by atoms with Crippen LogP contribution in [0.1, 0.15) is 104 Å². The maximum absolute atomic E-state index is 12.5. The Morgan fingerprint density at radius 3 is 1.95 bits per heavy atom. The minimum absolute atomic E-state index is 0.0642. The largest absolute Gasteiger partial charge is 0.393 e. The number of hydrogen-bond donors (Lipinski definition) is 3. The van der Waals surface area contributed by atoms with E-state index in [-0.39, 0.29) is 29.0 Å². The molecule has 230 valence electrons. The molecule has 12 atom stereocenters. The van der Waals surface area contributed by atoms with Crippen molar-refractivity contribution in [3.05, 3.63) is 71.8 Å². The van der Waals surface area contributed by atoms with Gasteiger partial charge in [0.25, 0.3) is 0 Å². The van der Waals surface area contributed by atoms with Crippen molar-refractivity contribution in [1.82, 2.24) is 0 Å². The lowest BCUT2D eigenvalue weighted by Crippen LogP contribution is -2.62. The minimum atomic E-state index is -1.03. The molecule has 3 nitrogen and oxygen atoms in total. The molecule has 0 radical (unpaired) electrons. The highest BCUT2D eigenvalue weighted by Crippen LogP contribution is 2.69. The Balaban J connectivity index is 1.26. The summed E-state index contributed by atoms with van der Waals surface area (Å²) in [6, 6.07) is 20.5. The summed E-state index contributed by atoms with van der Waals surface area (Å²) in [5.41, 5.74) is 1.39. The van der Waals surface area contributed by atoms with E-state index in [4.69, 9.17) is 0 Å². The second kappa shape index (κ2) is 11.4. The topological polar surface area (TPSA) is 60.7 Å². The van der Waals surface area contributed by atoms with E-state index >= 15 is 0 Å². The minimum Gasteiger partial charge on any atom is -0.393 e. The molecule has 3 heteroatoms. The fourth-order valence-electron chi connectivity index (χ4n) is 11.9. The summed E-state index contributed by atoms with van der Waals surface area (Å²) < 4.78 is 0. The highest BCUT2D eigenvalue weighted by Gasteiger charge is 2.65. The van der Waals surface area contributed by atoms with Crippen LogP contribution in [0.5, 0.6) is 0 Å².